The van der Waals surface area contributed by atoms with Crippen molar-refractivity contribution in [1.82, 2.24) is 4.31 Å². The number of hydrogen-bond acceptors (Lipinski definition) is 4. The lowest BCUT2D eigenvalue weighted by Gasteiger charge is -2.50. The molecule has 0 amide bonds. The minimum atomic E-state index is -3.91. The van der Waals surface area contributed by atoms with Gasteiger partial charge in [0.2, 0.25) is 10.0 Å². The van der Waals surface area contributed by atoms with Gasteiger partial charge in [-0.15, -0.1) is 0 Å². The summed E-state index contributed by atoms with van der Waals surface area (Å²) in [5, 5.41) is 19.6. The van der Waals surface area contributed by atoms with Crippen molar-refractivity contribution in [3.63, 3.8) is 0 Å². The first-order valence-corrected chi connectivity index (χ1v) is 10.8. The molecule has 0 saturated carbocycles. The Kier molecular flexibility index (Phi) is 5.20. The molecule has 0 aliphatic carbocycles. The van der Waals surface area contributed by atoms with Crippen molar-refractivity contribution in [3.05, 3.63) is 90.5 Å². The molecule has 3 atom stereocenters. The first kappa shape index (κ1) is 19.3. The van der Waals surface area contributed by atoms with Gasteiger partial charge < -0.3 is 5.11 Å². The SMILES string of the molecule is N#C[C@H]1[C@@H](c2ccccc2)[C@H](CO)N1S(=O)(=O)c1ccc(-c2ccccc2)cc1. The van der Waals surface area contributed by atoms with E-state index in [1.165, 1.54) is 0 Å². The molecule has 4 rings (SSSR count). The van der Waals surface area contributed by atoms with Crippen LogP contribution in [0.2, 0.25) is 0 Å². The van der Waals surface area contributed by atoms with E-state index in [9.17, 15) is 18.8 Å². The number of hydrogen-bond donors (Lipinski definition) is 1. The van der Waals surface area contributed by atoms with E-state index in [2.05, 4.69) is 6.07 Å². The Labute approximate surface area is 170 Å². The molecule has 0 radical (unpaired) electrons. The van der Waals surface area contributed by atoms with Gasteiger partial charge in [-0.05, 0) is 28.8 Å². The van der Waals surface area contributed by atoms with Gasteiger partial charge >= 0.3 is 0 Å². The normalized spacial score (nSPS) is 21.9. The lowest BCUT2D eigenvalue weighted by atomic mass is 9.78. The fraction of sp³-hybridized carbons (Fsp3) is 0.174. The number of nitriles is 1. The van der Waals surface area contributed by atoms with Gasteiger partial charge in [0.05, 0.1) is 23.6 Å². The Bertz CT molecular complexity index is 1120. The molecule has 1 saturated heterocycles. The van der Waals surface area contributed by atoms with Crippen molar-refractivity contribution < 1.29 is 13.5 Å². The largest absolute Gasteiger partial charge is 0.395 e. The lowest BCUT2D eigenvalue weighted by molar-refractivity contribution is 0.0557. The molecule has 0 unspecified atom stereocenters. The third-order valence-electron chi connectivity index (χ3n) is 5.40. The minimum Gasteiger partial charge on any atom is -0.395 e. The van der Waals surface area contributed by atoms with Crippen LogP contribution in [0.4, 0.5) is 0 Å². The maximum absolute atomic E-state index is 13.2. The molecule has 1 aliphatic heterocycles. The van der Waals surface area contributed by atoms with E-state index in [-0.39, 0.29) is 17.4 Å². The molecule has 3 aromatic carbocycles. The fourth-order valence-corrected chi connectivity index (χ4v) is 5.70. The van der Waals surface area contributed by atoms with Gasteiger partial charge in [0, 0.05) is 5.92 Å². The van der Waals surface area contributed by atoms with Crippen LogP contribution in [0.5, 0.6) is 0 Å². The highest BCUT2D eigenvalue weighted by atomic mass is 32.2. The average Bonchev–Trinajstić information content (AvgIpc) is 2.75. The topological polar surface area (TPSA) is 81.4 Å². The zero-order valence-electron chi connectivity index (χ0n) is 15.6. The smallest absolute Gasteiger partial charge is 0.244 e. The molecule has 1 N–H and O–H groups in total. The number of aliphatic hydroxyl groups excluding tert-OH is 1. The van der Waals surface area contributed by atoms with Crippen LogP contribution in [0, 0.1) is 11.3 Å². The molecule has 0 bridgehead atoms. The predicted molar refractivity (Wildman–Crippen MR) is 110 cm³/mol. The third-order valence-corrected chi connectivity index (χ3v) is 7.32. The standard InChI is InChI=1S/C23H20N2O3S/c24-15-21-23(19-9-5-2-6-10-19)22(16-26)25(21)29(27,28)20-13-11-18(12-14-20)17-7-3-1-4-8-17/h1-14,21-23,26H,16H2/t21-,22-,23+/m0/s1. The second-order valence-corrected chi connectivity index (χ2v) is 8.83. The third kappa shape index (κ3) is 3.34. The van der Waals surface area contributed by atoms with Crippen LogP contribution in [0.25, 0.3) is 11.1 Å². The lowest BCUT2D eigenvalue weighted by Crippen LogP contribution is -2.64. The quantitative estimate of drug-likeness (QED) is 0.707. The number of sulfonamides is 1. The average molecular weight is 404 g/mol. The molecule has 0 aromatic heterocycles. The van der Waals surface area contributed by atoms with Gasteiger partial charge in [0.15, 0.2) is 0 Å². The monoisotopic (exact) mass is 404 g/mol. The highest BCUT2D eigenvalue weighted by molar-refractivity contribution is 7.89. The summed E-state index contributed by atoms with van der Waals surface area (Å²) >= 11 is 0. The molecule has 1 heterocycles. The first-order chi connectivity index (χ1) is 14.1. The van der Waals surface area contributed by atoms with Crippen molar-refractivity contribution in [3.8, 4) is 17.2 Å². The van der Waals surface area contributed by atoms with Crippen LogP contribution in [0.15, 0.2) is 89.8 Å². The molecule has 1 aliphatic rings. The summed E-state index contributed by atoms with van der Waals surface area (Å²) in [6.45, 7) is -0.348. The summed E-state index contributed by atoms with van der Waals surface area (Å²) in [5.74, 6) is -0.357. The Hall–Kier alpha value is -2.98. The van der Waals surface area contributed by atoms with Gasteiger partial charge in [-0.1, -0.05) is 72.8 Å². The van der Waals surface area contributed by atoms with E-state index in [1.807, 2.05) is 60.7 Å². The van der Waals surface area contributed by atoms with Crippen LogP contribution in [-0.2, 0) is 10.0 Å². The van der Waals surface area contributed by atoms with Gasteiger partial charge in [0.1, 0.15) is 6.04 Å². The molecule has 1 fully saturated rings. The van der Waals surface area contributed by atoms with Crippen molar-refractivity contribution in [2.24, 2.45) is 0 Å². The maximum atomic E-state index is 13.2. The Balaban J connectivity index is 1.65. The summed E-state index contributed by atoms with van der Waals surface area (Å²) in [7, 11) is -3.91. The van der Waals surface area contributed by atoms with E-state index in [0.29, 0.717) is 0 Å². The molecular weight excluding hydrogens is 384 g/mol. The van der Waals surface area contributed by atoms with Crippen LogP contribution < -0.4 is 0 Å². The molecule has 6 heteroatoms. The summed E-state index contributed by atoms with van der Waals surface area (Å²) < 4.78 is 27.6. The van der Waals surface area contributed by atoms with E-state index in [4.69, 9.17) is 0 Å². The summed E-state index contributed by atoms with van der Waals surface area (Å²) in [5.41, 5.74) is 2.75. The van der Waals surface area contributed by atoms with E-state index in [0.717, 1.165) is 21.0 Å². The Morgan fingerprint density at radius 1 is 0.862 bits per heavy atom. The van der Waals surface area contributed by atoms with Crippen molar-refractivity contribution in [2.75, 3.05) is 6.61 Å². The highest BCUT2D eigenvalue weighted by Crippen LogP contribution is 2.43. The van der Waals surface area contributed by atoms with Crippen LogP contribution in [0.1, 0.15) is 11.5 Å². The molecular formula is C23H20N2O3S. The number of benzene rings is 3. The van der Waals surface area contributed by atoms with Gasteiger partial charge in [-0.25, -0.2) is 8.42 Å². The van der Waals surface area contributed by atoms with Gasteiger partial charge in [-0.2, -0.15) is 9.57 Å². The number of rotatable bonds is 5. The number of nitrogens with zero attached hydrogens (tertiary/aromatic N) is 2. The van der Waals surface area contributed by atoms with Crippen LogP contribution in [-0.4, -0.2) is 36.5 Å². The molecule has 5 nitrogen and oxygen atoms in total. The van der Waals surface area contributed by atoms with Crippen LogP contribution in [0.3, 0.4) is 0 Å². The molecule has 0 spiro atoms. The zero-order valence-corrected chi connectivity index (χ0v) is 16.4. The highest BCUT2D eigenvalue weighted by Gasteiger charge is 2.55. The maximum Gasteiger partial charge on any atom is 0.244 e. The Morgan fingerprint density at radius 3 is 1.97 bits per heavy atom. The van der Waals surface area contributed by atoms with E-state index < -0.39 is 22.1 Å². The van der Waals surface area contributed by atoms with Gasteiger partial charge in [0.25, 0.3) is 0 Å². The first-order valence-electron chi connectivity index (χ1n) is 9.32. The van der Waals surface area contributed by atoms with Gasteiger partial charge in [-0.3, -0.25) is 0 Å². The Morgan fingerprint density at radius 2 is 1.41 bits per heavy atom. The summed E-state index contributed by atoms with van der Waals surface area (Å²) in [6.07, 6.45) is 0. The predicted octanol–water partition coefficient (Wildman–Crippen LogP) is 3.39. The molecule has 29 heavy (non-hydrogen) atoms. The van der Waals surface area contributed by atoms with Crippen LogP contribution >= 0.6 is 0 Å². The second-order valence-electron chi connectivity index (χ2n) is 6.99. The minimum absolute atomic E-state index is 0.113. The molecule has 3 aromatic rings. The number of aliphatic hydroxyl groups is 1. The van der Waals surface area contributed by atoms with E-state index in [1.54, 1.807) is 24.3 Å². The molecule has 146 valence electrons. The van der Waals surface area contributed by atoms with E-state index >= 15 is 0 Å². The second kappa shape index (κ2) is 7.80. The summed E-state index contributed by atoms with van der Waals surface area (Å²) in [6, 6.07) is 26.2. The van der Waals surface area contributed by atoms with Crippen molar-refractivity contribution in [1.29, 1.82) is 5.26 Å². The van der Waals surface area contributed by atoms with Crippen molar-refractivity contribution >= 4 is 10.0 Å². The zero-order chi connectivity index (χ0) is 20.4. The summed E-state index contributed by atoms with van der Waals surface area (Å²) in [4.78, 5) is 0.113. The fourth-order valence-electron chi connectivity index (χ4n) is 3.94. The van der Waals surface area contributed by atoms with Crippen molar-refractivity contribution in [2.45, 2.75) is 22.9 Å².